The molecule has 1 aliphatic rings. The normalized spacial score (nSPS) is 15.9. The van der Waals surface area contributed by atoms with Gasteiger partial charge >= 0.3 is 0 Å². The molecular formula is C16H38Cl4N4. The summed E-state index contributed by atoms with van der Waals surface area (Å²) < 4.78 is 0. The fraction of sp³-hybridized carbons (Fsp3) is 0.875. The zero-order valence-corrected chi connectivity index (χ0v) is 18.0. The Morgan fingerprint density at radius 1 is 0.833 bits per heavy atom. The van der Waals surface area contributed by atoms with Crippen LogP contribution >= 0.6 is 49.6 Å². The molecule has 24 heavy (non-hydrogen) atoms. The molecule has 8 heteroatoms. The molecule has 1 fully saturated rings. The maximum atomic E-state index is 3.68. The molecule has 1 unspecified atom stereocenters. The van der Waals surface area contributed by atoms with E-state index in [0.29, 0.717) is 0 Å². The van der Waals surface area contributed by atoms with Crippen LogP contribution in [-0.2, 0) is 0 Å². The summed E-state index contributed by atoms with van der Waals surface area (Å²) in [5.41, 5.74) is 0. The van der Waals surface area contributed by atoms with Crippen LogP contribution in [0.4, 0.5) is 0 Å². The van der Waals surface area contributed by atoms with Crippen molar-refractivity contribution in [1.29, 1.82) is 0 Å². The topological polar surface area (TPSA) is 48.1 Å². The summed E-state index contributed by atoms with van der Waals surface area (Å²) in [4.78, 5) is 0. The molecule has 4 N–H and O–H groups in total. The molecule has 1 saturated heterocycles. The molecule has 0 spiro atoms. The third kappa shape index (κ3) is 20.8. The first-order valence-electron chi connectivity index (χ1n) is 8.40. The Kier molecular flexibility index (Phi) is 35.1. The Hall–Kier alpha value is 0.740. The summed E-state index contributed by atoms with van der Waals surface area (Å²) in [6, 6.07) is 0.762. The van der Waals surface area contributed by atoms with Crippen molar-refractivity contribution >= 4 is 49.6 Å². The summed E-state index contributed by atoms with van der Waals surface area (Å²) in [6.45, 7) is 11.4. The van der Waals surface area contributed by atoms with E-state index in [1.807, 2.05) is 6.08 Å². The number of hydrogen-bond donors (Lipinski definition) is 4. The Morgan fingerprint density at radius 2 is 1.42 bits per heavy atom. The molecule has 0 aromatic carbocycles. The van der Waals surface area contributed by atoms with E-state index in [-0.39, 0.29) is 49.6 Å². The predicted octanol–water partition coefficient (Wildman–Crippen LogP) is 2.94. The van der Waals surface area contributed by atoms with Gasteiger partial charge in [0.25, 0.3) is 0 Å². The number of nitrogens with one attached hydrogen (secondary N) is 4. The standard InChI is InChI=1S/C16H34N4.4ClH/c1-2-9-17-10-5-11-18-12-6-13-19-15-8-16-7-3-4-14-20-16;;;;/h2,16-20H,1,3-15H2;4*1H. The van der Waals surface area contributed by atoms with Crippen molar-refractivity contribution in [3.8, 4) is 0 Å². The zero-order valence-electron chi connectivity index (χ0n) is 14.7. The van der Waals surface area contributed by atoms with Gasteiger partial charge in [-0.3, -0.25) is 0 Å². The van der Waals surface area contributed by atoms with Gasteiger partial charge in [0.2, 0.25) is 0 Å². The molecule has 0 aromatic rings. The lowest BCUT2D eigenvalue weighted by Gasteiger charge is -2.23. The highest BCUT2D eigenvalue weighted by molar-refractivity contribution is 5.86. The molecule has 0 aliphatic carbocycles. The minimum absolute atomic E-state index is 0. The SMILES string of the molecule is C=CCNCCCNCCCNCCC1CCCCN1.Cl.Cl.Cl.Cl. The van der Waals surface area contributed by atoms with Crippen LogP contribution in [0.3, 0.4) is 0 Å². The van der Waals surface area contributed by atoms with Gasteiger partial charge in [-0.25, -0.2) is 0 Å². The minimum atomic E-state index is 0. The third-order valence-electron chi connectivity index (χ3n) is 3.78. The van der Waals surface area contributed by atoms with Gasteiger partial charge in [-0.05, 0) is 71.4 Å². The highest BCUT2D eigenvalue weighted by Gasteiger charge is 2.10. The number of hydrogen-bond acceptors (Lipinski definition) is 4. The fourth-order valence-corrected chi connectivity index (χ4v) is 2.58. The van der Waals surface area contributed by atoms with Crippen molar-refractivity contribution in [2.45, 2.75) is 44.6 Å². The van der Waals surface area contributed by atoms with E-state index >= 15 is 0 Å². The molecule has 0 amide bonds. The van der Waals surface area contributed by atoms with Gasteiger partial charge in [0.15, 0.2) is 0 Å². The average molecular weight is 428 g/mol. The van der Waals surface area contributed by atoms with E-state index in [9.17, 15) is 0 Å². The molecule has 150 valence electrons. The monoisotopic (exact) mass is 426 g/mol. The quantitative estimate of drug-likeness (QED) is 0.269. The van der Waals surface area contributed by atoms with Crippen LogP contribution in [-0.4, -0.2) is 51.9 Å². The highest BCUT2D eigenvalue weighted by Crippen LogP contribution is 2.08. The van der Waals surface area contributed by atoms with Gasteiger partial charge in [0.05, 0.1) is 0 Å². The number of halogens is 4. The van der Waals surface area contributed by atoms with Crippen molar-refractivity contribution in [2.75, 3.05) is 45.8 Å². The average Bonchev–Trinajstić information content (AvgIpc) is 2.49. The molecule has 0 aromatic heterocycles. The second-order valence-electron chi connectivity index (χ2n) is 5.64. The summed E-state index contributed by atoms with van der Waals surface area (Å²) >= 11 is 0. The summed E-state index contributed by atoms with van der Waals surface area (Å²) in [5, 5.41) is 13.9. The highest BCUT2D eigenvalue weighted by atomic mass is 35.5. The van der Waals surface area contributed by atoms with E-state index in [4.69, 9.17) is 0 Å². The van der Waals surface area contributed by atoms with Gasteiger partial charge < -0.3 is 21.3 Å². The van der Waals surface area contributed by atoms with Crippen LogP contribution in [0.15, 0.2) is 12.7 Å². The van der Waals surface area contributed by atoms with Crippen molar-refractivity contribution < 1.29 is 0 Å². The molecule has 1 rings (SSSR count). The minimum Gasteiger partial charge on any atom is -0.317 e. The molecule has 4 nitrogen and oxygen atoms in total. The van der Waals surface area contributed by atoms with Gasteiger partial charge in [-0.1, -0.05) is 12.5 Å². The molecule has 1 heterocycles. The van der Waals surface area contributed by atoms with E-state index in [2.05, 4.69) is 27.8 Å². The van der Waals surface area contributed by atoms with Crippen molar-refractivity contribution in [2.24, 2.45) is 0 Å². The zero-order chi connectivity index (χ0) is 14.3. The van der Waals surface area contributed by atoms with Gasteiger partial charge in [-0.2, -0.15) is 0 Å². The Labute approximate surface area is 173 Å². The van der Waals surface area contributed by atoms with Crippen molar-refractivity contribution in [3.05, 3.63) is 12.7 Å². The first-order valence-corrected chi connectivity index (χ1v) is 8.40. The second-order valence-corrected chi connectivity index (χ2v) is 5.64. The van der Waals surface area contributed by atoms with Crippen LogP contribution in [0.2, 0.25) is 0 Å². The molecule has 0 saturated carbocycles. The smallest absolute Gasteiger partial charge is 0.0132 e. The molecule has 0 bridgehead atoms. The number of rotatable bonds is 13. The molecule has 1 aliphatic heterocycles. The Bertz CT molecular complexity index is 230. The van der Waals surface area contributed by atoms with E-state index in [1.54, 1.807) is 0 Å². The van der Waals surface area contributed by atoms with Gasteiger partial charge in [0, 0.05) is 12.6 Å². The first kappa shape index (κ1) is 32.4. The Morgan fingerprint density at radius 3 is 1.96 bits per heavy atom. The van der Waals surface area contributed by atoms with Crippen LogP contribution in [0.1, 0.15) is 38.5 Å². The second kappa shape index (κ2) is 26.0. The van der Waals surface area contributed by atoms with E-state index in [1.165, 1.54) is 45.1 Å². The van der Waals surface area contributed by atoms with Crippen LogP contribution in [0.25, 0.3) is 0 Å². The summed E-state index contributed by atoms with van der Waals surface area (Å²) in [5.74, 6) is 0. The molecular weight excluding hydrogens is 390 g/mol. The predicted molar refractivity (Wildman–Crippen MR) is 117 cm³/mol. The lowest BCUT2D eigenvalue weighted by atomic mass is 10.0. The Balaban J connectivity index is -0.000000500. The van der Waals surface area contributed by atoms with E-state index in [0.717, 1.165) is 45.3 Å². The molecule has 1 atom stereocenters. The van der Waals surface area contributed by atoms with Crippen molar-refractivity contribution in [3.63, 3.8) is 0 Å². The lowest BCUT2D eigenvalue weighted by Crippen LogP contribution is -2.36. The first-order chi connectivity index (χ1) is 9.93. The van der Waals surface area contributed by atoms with Crippen molar-refractivity contribution in [1.82, 2.24) is 21.3 Å². The van der Waals surface area contributed by atoms with Crippen LogP contribution < -0.4 is 21.3 Å². The van der Waals surface area contributed by atoms with Gasteiger partial charge in [0.1, 0.15) is 0 Å². The van der Waals surface area contributed by atoms with Gasteiger partial charge in [-0.15, -0.1) is 56.2 Å². The fourth-order valence-electron chi connectivity index (χ4n) is 2.58. The van der Waals surface area contributed by atoms with E-state index < -0.39 is 0 Å². The number of piperidine rings is 1. The molecule has 0 radical (unpaired) electrons. The maximum absolute atomic E-state index is 3.68. The third-order valence-corrected chi connectivity index (χ3v) is 3.78. The van der Waals surface area contributed by atoms with Crippen LogP contribution in [0, 0.1) is 0 Å². The summed E-state index contributed by atoms with van der Waals surface area (Å²) in [7, 11) is 0. The lowest BCUT2D eigenvalue weighted by molar-refractivity contribution is 0.376. The largest absolute Gasteiger partial charge is 0.317 e. The maximum Gasteiger partial charge on any atom is 0.0132 e. The summed E-state index contributed by atoms with van der Waals surface area (Å²) in [6.07, 6.45) is 9.72. The van der Waals surface area contributed by atoms with Crippen LogP contribution in [0.5, 0.6) is 0 Å².